The van der Waals surface area contributed by atoms with Gasteiger partial charge in [-0.15, -0.1) is 0 Å². The van der Waals surface area contributed by atoms with E-state index in [1.807, 2.05) is 0 Å². The van der Waals surface area contributed by atoms with Gasteiger partial charge in [-0.1, -0.05) is 0 Å². The monoisotopic (exact) mass is 211 g/mol. The molecule has 4 N–H and O–H groups in total. The van der Waals surface area contributed by atoms with E-state index in [2.05, 4.69) is 0 Å². The van der Waals surface area contributed by atoms with E-state index < -0.39 is 12.0 Å². The van der Waals surface area contributed by atoms with Gasteiger partial charge in [-0.25, -0.2) is 0 Å². The smallest absolute Gasteiger partial charge is 0.325 e. The second-order valence-electron chi connectivity index (χ2n) is 3.18. The number of aliphatic carboxylic acids is 1. The van der Waals surface area contributed by atoms with Crippen molar-refractivity contribution in [3.05, 3.63) is 23.3 Å². The van der Waals surface area contributed by atoms with Gasteiger partial charge in [0.2, 0.25) is 0 Å². The number of carboxylic acids is 1. The van der Waals surface area contributed by atoms with E-state index in [0.717, 1.165) is 0 Å². The van der Waals surface area contributed by atoms with Crippen molar-refractivity contribution in [2.75, 3.05) is 7.11 Å². The fourth-order valence-electron chi connectivity index (χ4n) is 1.23. The molecule has 0 saturated heterocycles. The van der Waals surface area contributed by atoms with Crippen LogP contribution in [0.4, 0.5) is 0 Å². The quantitative estimate of drug-likeness (QED) is 0.687. The second-order valence-corrected chi connectivity index (χ2v) is 3.18. The standard InChI is InChI=1S/C10H13NO4/c1-5-7(12)3-6(4-8(5)15-2)9(11)10(13)14/h3-4,9,12H,11H2,1-2H3,(H,13,14). The SMILES string of the molecule is COc1cc(C(N)C(=O)O)cc(O)c1C. The molecular weight excluding hydrogens is 198 g/mol. The van der Waals surface area contributed by atoms with Crippen LogP contribution in [0.25, 0.3) is 0 Å². The molecule has 1 rings (SSSR count). The van der Waals surface area contributed by atoms with Crippen molar-refractivity contribution in [3.8, 4) is 11.5 Å². The molecule has 1 aromatic rings. The summed E-state index contributed by atoms with van der Waals surface area (Å²) in [4.78, 5) is 10.6. The molecule has 0 bridgehead atoms. The van der Waals surface area contributed by atoms with Gasteiger partial charge >= 0.3 is 5.97 Å². The number of carbonyl (C=O) groups is 1. The van der Waals surface area contributed by atoms with Crippen LogP contribution in [0.2, 0.25) is 0 Å². The third-order valence-corrected chi connectivity index (χ3v) is 2.20. The molecule has 5 heteroatoms. The van der Waals surface area contributed by atoms with Crippen molar-refractivity contribution in [2.24, 2.45) is 5.73 Å². The lowest BCUT2D eigenvalue weighted by Gasteiger charge is -2.12. The normalized spacial score (nSPS) is 12.2. The second kappa shape index (κ2) is 4.18. The van der Waals surface area contributed by atoms with Gasteiger partial charge in [0, 0.05) is 5.56 Å². The van der Waals surface area contributed by atoms with Crippen LogP contribution in [0, 0.1) is 6.92 Å². The van der Waals surface area contributed by atoms with E-state index in [1.165, 1.54) is 19.2 Å². The van der Waals surface area contributed by atoms with Crippen molar-refractivity contribution in [2.45, 2.75) is 13.0 Å². The first-order valence-electron chi connectivity index (χ1n) is 4.33. The number of rotatable bonds is 3. The molecular formula is C10H13NO4. The van der Waals surface area contributed by atoms with Crippen molar-refractivity contribution in [1.29, 1.82) is 0 Å². The van der Waals surface area contributed by atoms with Crippen molar-refractivity contribution >= 4 is 5.97 Å². The van der Waals surface area contributed by atoms with Gasteiger partial charge in [-0.3, -0.25) is 4.79 Å². The van der Waals surface area contributed by atoms with Gasteiger partial charge < -0.3 is 20.7 Å². The predicted octanol–water partition coefficient (Wildman–Crippen LogP) is 0.794. The van der Waals surface area contributed by atoms with E-state index in [9.17, 15) is 9.90 Å². The Morgan fingerprint density at radius 2 is 2.13 bits per heavy atom. The fraction of sp³-hybridized carbons (Fsp3) is 0.300. The first-order chi connectivity index (χ1) is 6.97. The summed E-state index contributed by atoms with van der Waals surface area (Å²) in [5.41, 5.74) is 6.28. The number of phenols is 1. The Balaban J connectivity index is 3.22. The molecule has 0 aliphatic carbocycles. The van der Waals surface area contributed by atoms with Crippen LogP contribution in [-0.2, 0) is 4.79 Å². The molecule has 1 aromatic carbocycles. The molecule has 82 valence electrons. The minimum absolute atomic E-state index is 0.0268. The highest BCUT2D eigenvalue weighted by atomic mass is 16.5. The molecule has 0 fully saturated rings. The number of ether oxygens (including phenoxy) is 1. The van der Waals surface area contributed by atoms with Crippen LogP contribution >= 0.6 is 0 Å². The van der Waals surface area contributed by atoms with E-state index in [-0.39, 0.29) is 5.75 Å². The first-order valence-corrected chi connectivity index (χ1v) is 4.33. The highest BCUT2D eigenvalue weighted by molar-refractivity contribution is 5.75. The number of carboxylic acid groups (broad SMARTS) is 1. The zero-order valence-corrected chi connectivity index (χ0v) is 8.52. The summed E-state index contributed by atoms with van der Waals surface area (Å²) in [6.07, 6.45) is 0. The Kier molecular flexibility index (Phi) is 3.16. The van der Waals surface area contributed by atoms with Crippen LogP contribution in [0.3, 0.4) is 0 Å². The minimum Gasteiger partial charge on any atom is -0.508 e. The molecule has 0 aliphatic heterocycles. The summed E-state index contributed by atoms with van der Waals surface area (Å²) in [5, 5.41) is 18.2. The number of benzene rings is 1. The van der Waals surface area contributed by atoms with Crippen LogP contribution in [0.5, 0.6) is 11.5 Å². The number of hydrogen-bond donors (Lipinski definition) is 3. The van der Waals surface area contributed by atoms with E-state index in [0.29, 0.717) is 16.9 Å². The summed E-state index contributed by atoms with van der Waals surface area (Å²) in [6, 6.07) is 1.68. The Labute approximate surface area is 87.1 Å². The summed E-state index contributed by atoms with van der Waals surface area (Å²) < 4.78 is 4.99. The van der Waals surface area contributed by atoms with Gasteiger partial charge in [-0.05, 0) is 24.6 Å². The first kappa shape index (κ1) is 11.3. The molecule has 0 radical (unpaired) electrons. The Bertz CT molecular complexity index is 389. The highest BCUT2D eigenvalue weighted by Crippen LogP contribution is 2.30. The number of aromatic hydroxyl groups is 1. The molecule has 0 amide bonds. The van der Waals surface area contributed by atoms with Gasteiger partial charge in [0.1, 0.15) is 17.5 Å². The molecule has 0 heterocycles. The maximum Gasteiger partial charge on any atom is 0.325 e. The largest absolute Gasteiger partial charge is 0.508 e. The van der Waals surface area contributed by atoms with E-state index >= 15 is 0 Å². The molecule has 15 heavy (non-hydrogen) atoms. The summed E-state index contributed by atoms with van der Waals surface area (Å²) in [6.45, 7) is 1.67. The van der Waals surface area contributed by atoms with Crippen molar-refractivity contribution in [1.82, 2.24) is 0 Å². The lowest BCUT2D eigenvalue weighted by atomic mass is 10.0. The fourth-order valence-corrected chi connectivity index (χ4v) is 1.23. The average Bonchev–Trinajstić information content (AvgIpc) is 2.20. The number of phenolic OH excluding ortho intramolecular Hbond substituents is 1. The van der Waals surface area contributed by atoms with Crippen LogP contribution < -0.4 is 10.5 Å². The predicted molar refractivity (Wildman–Crippen MR) is 54.0 cm³/mol. The van der Waals surface area contributed by atoms with Crippen LogP contribution in [-0.4, -0.2) is 23.3 Å². The highest BCUT2D eigenvalue weighted by Gasteiger charge is 2.17. The Morgan fingerprint density at radius 1 is 1.53 bits per heavy atom. The molecule has 5 nitrogen and oxygen atoms in total. The van der Waals surface area contributed by atoms with Gasteiger partial charge in [0.05, 0.1) is 7.11 Å². The van der Waals surface area contributed by atoms with Crippen molar-refractivity contribution < 1.29 is 19.7 Å². The number of hydrogen-bond acceptors (Lipinski definition) is 4. The molecule has 0 aliphatic rings. The van der Waals surface area contributed by atoms with E-state index in [1.54, 1.807) is 6.92 Å². The summed E-state index contributed by atoms with van der Waals surface area (Å²) in [5.74, 6) is -0.761. The summed E-state index contributed by atoms with van der Waals surface area (Å²) >= 11 is 0. The average molecular weight is 211 g/mol. The third kappa shape index (κ3) is 2.19. The maximum absolute atomic E-state index is 10.6. The van der Waals surface area contributed by atoms with Gasteiger partial charge in [-0.2, -0.15) is 0 Å². The Hall–Kier alpha value is -1.75. The van der Waals surface area contributed by atoms with Crippen LogP contribution in [0.1, 0.15) is 17.2 Å². The number of methoxy groups -OCH3 is 1. The Morgan fingerprint density at radius 3 is 2.60 bits per heavy atom. The minimum atomic E-state index is -1.16. The number of nitrogens with two attached hydrogens (primary N) is 1. The van der Waals surface area contributed by atoms with Crippen molar-refractivity contribution in [3.63, 3.8) is 0 Å². The lowest BCUT2D eigenvalue weighted by molar-refractivity contribution is -0.138. The molecule has 0 aromatic heterocycles. The third-order valence-electron chi connectivity index (χ3n) is 2.20. The van der Waals surface area contributed by atoms with Gasteiger partial charge in [0.25, 0.3) is 0 Å². The molecule has 1 atom stereocenters. The summed E-state index contributed by atoms with van der Waals surface area (Å²) in [7, 11) is 1.44. The maximum atomic E-state index is 10.6. The van der Waals surface area contributed by atoms with E-state index in [4.69, 9.17) is 15.6 Å². The van der Waals surface area contributed by atoms with Crippen LogP contribution in [0.15, 0.2) is 12.1 Å². The topological polar surface area (TPSA) is 92.8 Å². The lowest BCUT2D eigenvalue weighted by Crippen LogP contribution is -2.20. The van der Waals surface area contributed by atoms with Gasteiger partial charge in [0.15, 0.2) is 0 Å². The molecule has 1 unspecified atom stereocenters. The zero-order chi connectivity index (χ0) is 11.6. The molecule has 0 spiro atoms. The molecule has 0 saturated carbocycles. The zero-order valence-electron chi connectivity index (χ0n) is 8.52.